The molecule has 0 aromatic heterocycles. The third kappa shape index (κ3) is 6.86. The Bertz CT molecular complexity index is 178. The van der Waals surface area contributed by atoms with E-state index in [0.29, 0.717) is 6.42 Å². The Morgan fingerprint density at radius 1 is 1.33 bits per heavy atom. The van der Waals surface area contributed by atoms with E-state index < -0.39 is 0 Å². The number of allylic oxidation sites excluding steroid dienone is 1. The van der Waals surface area contributed by atoms with Crippen LogP contribution in [-0.2, 0) is 0 Å². The van der Waals surface area contributed by atoms with Gasteiger partial charge in [-0.2, -0.15) is 0 Å². The monoisotopic (exact) mass is 118 g/mol. The van der Waals surface area contributed by atoms with Crippen molar-refractivity contribution in [3.8, 4) is 23.7 Å². The zero-order chi connectivity index (χ0) is 6.95. The lowest BCUT2D eigenvalue weighted by Crippen LogP contribution is -1.58. The fraction of sp³-hybridized carbons (Fsp3) is 0.333. The summed E-state index contributed by atoms with van der Waals surface area (Å²) < 4.78 is 0. The van der Waals surface area contributed by atoms with Crippen molar-refractivity contribution in [3.05, 3.63) is 12.7 Å². The zero-order valence-electron chi connectivity index (χ0n) is 5.70. The van der Waals surface area contributed by atoms with Crippen molar-refractivity contribution in [2.75, 3.05) is 0 Å². The van der Waals surface area contributed by atoms with Crippen molar-refractivity contribution in [1.29, 1.82) is 0 Å². The molecule has 0 aromatic rings. The van der Waals surface area contributed by atoms with Crippen LogP contribution in [0.25, 0.3) is 0 Å². The molecular weight excluding hydrogens is 108 g/mol. The van der Waals surface area contributed by atoms with Gasteiger partial charge in [-0.1, -0.05) is 31.3 Å². The summed E-state index contributed by atoms with van der Waals surface area (Å²) in [5.74, 6) is 11.4. The van der Waals surface area contributed by atoms with Gasteiger partial charge in [-0.25, -0.2) is 0 Å². The van der Waals surface area contributed by atoms with Gasteiger partial charge in [0.05, 0.1) is 6.42 Å². The van der Waals surface area contributed by atoms with Gasteiger partial charge >= 0.3 is 0 Å². The molecule has 0 unspecified atom stereocenters. The minimum Gasteiger partial charge on any atom is -0.103 e. The molecule has 0 saturated carbocycles. The third-order valence-electron chi connectivity index (χ3n) is 0.683. The van der Waals surface area contributed by atoms with Crippen LogP contribution in [-0.4, -0.2) is 0 Å². The van der Waals surface area contributed by atoms with Crippen molar-refractivity contribution < 1.29 is 0 Å². The van der Waals surface area contributed by atoms with Crippen LogP contribution in [0.15, 0.2) is 12.7 Å². The van der Waals surface area contributed by atoms with E-state index in [4.69, 9.17) is 0 Å². The van der Waals surface area contributed by atoms with Crippen molar-refractivity contribution in [1.82, 2.24) is 0 Å². The summed E-state index contributed by atoms with van der Waals surface area (Å²) in [4.78, 5) is 0. The second kappa shape index (κ2) is 6.86. The topological polar surface area (TPSA) is 0 Å². The first-order chi connectivity index (χ1) is 4.41. The van der Waals surface area contributed by atoms with E-state index in [1.54, 1.807) is 6.08 Å². The first kappa shape index (κ1) is 7.86. The Balaban J connectivity index is 3.39. The quantitative estimate of drug-likeness (QED) is 0.427. The van der Waals surface area contributed by atoms with Gasteiger partial charge in [-0.15, -0.1) is 5.92 Å². The highest BCUT2D eigenvalue weighted by Gasteiger charge is 1.62. The van der Waals surface area contributed by atoms with E-state index in [1.165, 1.54) is 0 Å². The fourth-order valence-electron chi connectivity index (χ4n) is 0.355. The third-order valence-corrected chi connectivity index (χ3v) is 0.683. The SMILES string of the molecule is C=CC#CCC#CCC. The van der Waals surface area contributed by atoms with Crippen LogP contribution in [0.2, 0.25) is 0 Å². The first-order valence-electron chi connectivity index (χ1n) is 2.96. The fourth-order valence-corrected chi connectivity index (χ4v) is 0.355. The molecule has 0 nitrogen and oxygen atoms in total. The number of rotatable bonds is 0. The zero-order valence-corrected chi connectivity index (χ0v) is 5.70. The lowest BCUT2D eigenvalue weighted by atomic mass is 10.4. The molecule has 9 heavy (non-hydrogen) atoms. The molecule has 0 fully saturated rings. The smallest absolute Gasteiger partial charge is 0.0706 e. The Morgan fingerprint density at radius 2 is 2.11 bits per heavy atom. The normalized spacial score (nSPS) is 5.89. The molecule has 0 aliphatic carbocycles. The molecule has 0 saturated heterocycles. The van der Waals surface area contributed by atoms with Gasteiger partial charge in [0.1, 0.15) is 0 Å². The lowest BCUT2D eigenvalue weighted by Gasteiger charge is -1.68. The second-order valence-electron chi connectivity index (χ2n) is 1.41. The van der Waals surface area contributed by atoms with Gasteiger partial charge in [0.2, 0.25) is 0 Å². The van der Waals surface area contributed by atoms with Crippen LogP contribution < -0.4 is 0 Å². The van der Waals surface area contributed by atoms with Gasteiger partial charge in [0.25, 0.3) is 0 Å². The summed E-state index contributed by atoms with van der Waals surface area (Å²) >= 11 is 0. The summed E-state index contributed by atoms with van der Waals surface area (Å²) in [5, 5.41) is 0. The molecule has 0 atom stereocenters. The van der Waals surface area contributed by atoms with Crippen molar-refractivity contribution in [3.63, 3.8) is 0 Å². The van der Waals surface area contributed by atoms with E-state index in [-0.39, 0.29) is 0 Å². The highest BCUT2D eigenvalue weighted by molar-refractivity contribution is 5.17. The van der Waals surface area contributed by atoms with Crippen molar-refractivity contribution >= 4 is 0 Å². The van der Waals surface area contributed by atoms with Gasteiger partial charge in [0.15, 0.2) is 0 Å². The lowest BCUT2D eigenvalue weighted by molar-refractivity contribution is 1.27. The van der Waals surface area contributed by atoms with E-state index in [9.17, 15) is 0 Å². The molecule has 0 heteroatoms. The number of hydrogen-bond donors (Lipinski definition) is 0. The predicted octanol–water partition coefficient (Wildman–Crippen LogP) is 1.98. The summed E-state index contributed by atoms with van der Waals surface area (Å²) in [6.07, 6.45) is 3.16. The average molecular weight is 118 g/mol. The van der Waals surface area contributed by atoms with Crippen LogP contribution in [0.4, 0.5) is 0 Å². The summed E-state index contributed by atoms with van der Waals surface area (Å²) in [5.41, 5.74) is 0. The van der Waals surface area contributed by atoms with Gasteiger partial charge < -0.3 is 0 Å². The minimum absolute atomic E-state index is 0.667. The maximum atomic E-state index is 3.46. The minimum atomic E-state index is 0.667. The molecule has 0 aliphatic heterocycles. The second-order valence-corrected chi connectivity index (χ2v) is 1.41. The van der Waals surface area contributed by atoms with E-state index >= 15 is 0 Å². The summed E-state index contributed by atoms with van der Waals surface area (Å²) in [6, 6.07) is 0. The highest BCUT2D eigenvalue weighted by atomic mass is 13.7. The van der Waals surface area contributed by atoms with Crippen LogP contribution in [0, 0.1) is 23.7 Å². The molecule has 0 spiro atoms. The molecular formula is C9H10. The molecule has 0 heterocycles. The molecule has 0 aliphatic rings. The molecule has 0 rings (SSSR count). The van der Waals surface area contributed by atoms with Crippen LogP contribution in [0.5, 0.6) is 0 Å². The van der Waals surface area contributed by atoms with Crippen LogP contribution in [0.3, 0.4) is 0 Å². The maximum Gasteiger partial charge on any atom is 0.0706 e. The van der Waals surface area contributed by atoms with E-state index in [0.717, 1.165) is 6.42 Å². The Morgan fingerprint density at radius 3 is 2.67 bits per heavy atom. The van der Waals surface area contributed by atoms with Crippen molar-refractivity contribution in [2.45, 2.75) is 19.8 Å². The van der Waals surface area contributed by atoms with Crippen LogP contribution in [0.1, 0.15) is 19.8 Å². The molecule has 0 radical (unpaired) electrons. The molecule has 0 bridgehead atoms. The maximum absolute atomic E-state index is 3.46. The molecule has 0 aromatic carbocycles. The average Bonchev–Trinajstić information content (AvgIpc) is 1.89. The number of hydrogen-bond acceptors (Lipinski definition) is 0. The molecule has 46 valence electrons. The highest BCUT2D eigenvalue weighted by Crippen LogP contribution is 1.72. The molecule has 0 amide bonds. The summed E-state index contributed by atoms with van der Waals surface area (Å²) in [6.45, 7) is 5.48. The Labute approximate surface area is 57.0 Å². The summed E-state index contributed by atoms with van der Waals surface area (Å²) in [7, 11) is 0. The van der Waals surface area contributed by atoms with Gasteiger partial charge in [-0.05, 0) is 6.08 Å². The van der Waals surface area contributed by atoms with Crippen LogP contribution >= 0.6 is 0 Å². The standard InChI is InChI=1S/C9H10/c1-3-5-7-9-8-6-4-2/h3H,1,4,9H2,2H3. The van der Waals surface area contributed by atoms with Crippen molar-refractivity contribution in [2.24, 2.45) is 0 Å². The van der Waals surface area contributed by atoms with Gasteiger partial charge in [0, 0.05) is 6.42 Å². The Hall–Kier alpha value is -1.14. The Kier molecular flexibility index (Phi) is 5.99. The van der Waals surface area contributed by atoms with E-state index in [1.807, 2.05) is 6.92 Å². The van der Waals surface area contributed by atoms with E-state index in [2.05, 4.69) is 30.3 Å². The molecule has 0 N–H and O–H groups in total. The van der Waals surface area contributed by atoms with Gasteiger partial charge in [-0.3, -0.25) is 0 Å². The predicted molar refractivity (Wildman–Crippen MR) is 40.7 cm³/mol. The largest absolute Gasteiger partial charge is 0.103 e. The first-order valence-corrected chi connectivity index (χ1v) is 2.96.